The summed E-state index contributed by atoms with van der Waals surface area (Å²) in [7, 11) is 0. The highest BCUT2D eigenvalue weighted by Gasteiger charge is 2.35. The largest absolute Gasteiger partial charge is 0.314 e. The van der Waals surface area contributed by atoms with Crippen molar-refractivity contribution in [3.05, 3.63) is 0 Å². The number of hydrogen-bond donors (Lipinski definition) is 2. The van der Waals surface area contributed by atoms with Gasteiger partial charge in [-0.1, -0.05) is 13.3 Å². The smallest absolute Gasteiger partial charge is 0.0317 e. The average Bonchev–Trinajstić information content (AvgIpc) is 2.64. The van der Waals surface area contributed by atoms with Crippen LogP contribution in [0.4, 0.5) is 0 Å². The van der Waals surface area contributed by atoms with Gasteiger partial charge in [0.05, 0.1) is 0 Å². The minimum absolute atomic E-state index is 0.785. The molecule has 2 heteroatoms. The average molecular weight is 154 g/mol. The molecule has 0 spiro atoms. The van der Waals surface area contributed by atoms with Crippen molar-refractivity contribution in [1.29, 1.82) is 0 Å². The second kappa shape index (κ2) is 3.11. The van der Waals surface area contributed by atoms with Crippen molar-refractivity contribution in [3.8, 4) is 0 Å². The Labute approximate surface area is 68.7 Å². The molecule has 1 heterocycles. The van der Waals surface area contributed by atoms with Crippen LogP contribution in [0.3, 0.4) is 0 Å². The third-order valence-electron chi connectivity index (χ3n) is 3.04. The summed E-state index contributed by atoms with van der Waals surface area (Å²) in [5.41, 5.74) is 0. The third-order valence-corrected chi connectivity index (χ3v) is 3.04. The van der Waals surface area contributed by atoms with E-state index < -0.39 is 0 Å². The van der Waals surface area contributed by atoms with Gasteiger partial charge in [0, 0.05) is 19.1 Å². The van der Waals surface area contributed by atoms with Gasteiger partial charge >= 0.3 is 0 Å². The van der Waals surface area contributed by atoms with Gasteiger partial charge < -0.3 is 10.6 Å². The van der Waals surface area contributed by atoms with Gasteiger partial charge in [-0.3, -0.25) is 0 Å². The van der Waals surface area contributed by atoms with E-state index in [4.69, 9.17) is 0 Å². The van der Waals surface area contributed by atoms with E-state index in [0.717, 1.165) is 17.9 Å². The Balaban J connectivity index is 1.54. The Kier molecular flexibility index (Phi) is 2.14. The van der Waals surface area contributed by atoms with Gasteiger partial charge in [-0.2, -0.15) is 0 Å². The summed E-state index contributed by atoms with van der Waals surface area (Å²) in [6.45, 7) is 5.94. The molecule has 11 heavy (non-hydrogen) atoms. The van der Waals surface area contributed by atoms with Crippen LogP contribution < -0.4 is 10.6 Å². The van der Waals surface area contributed by atoms with Crippen molar-refractivity contribution in [2.24, 2.45) is 11.8 Å². The molecule has 64 valence electrons. The second-order valence-electron chi connectivity index (χ2n) is 3.93. The van der Waals surface area contributed by atoms with E-state index in [2.05, 4.69) is 17.6 Å². The van der Waals surface area contributed by atoms with Gasteiger partial charge in [0.2, 0.25) is 0 Å². The number of hydrogen-bond acceptors (Lipinski definition) is 2. The fourth-order valence-corrected chi connectivity index (χ4v) is 1.81. The summed E-state index contributed by atoms with van der Waals surface area (Å²) < 4.78 is 0. The Bertz CT molecular complexity index is 132. The topological polar surface area (TPSA) is 24.1 Å². The van der Waals surface area contributed by atoms with Crippen molar-refractivity contribution >= 4 is 0 Å². The summed E-state index contributed by atoms with van der Waals surface area (Å²) in [6.07, 6.45) is 2.86. The first-order valence-electron chi connectivity index (χ1n) is 4.84. The molecule has 2 atom stereocenters. The fourth-order valence-electron chi connectivity index (χ4n) is 1.81. The molecule has 1 aliphatic carbocycles. The highest BCUT2D eigenvalue weighted by molar-refractivity contribution is 4.90. The van der Waals surface area contributed by atoms with Crippen LogP contribution in [-0.2, 0) is 0 Å². The standard InChI is InChI=1S/C9H18N2/c1-2-7-3-8(7)4-11-9-5-10-6-9/h7-11H,2-6H2,1H3. The van der Waals surface area contributed by atoms with Crippen molar-refractivity contribution in [1.82, 2.24) is 10.6 Å². The van der Waals surface area contributed by atoms with Gasteiger partial charge in [0.1, 0.15) is 0 Å². The molecule has 2 N–H and O–H groups in total. The maximum atomic E-state index is 3.58. The zero-order valence-electron chi connectivity index (χ0n) is 7.27. The van der Waals surface area contributed by atoms with Crippen LogP contribution in [0.15, 0.2) is 0 Å². The van der Waals surface area contributed by atoms with E-state index in [0.29, 0.717) is 0 Å². The molecule has 2 fully saturated rings. The Morgan fingerprint density at radius 2 is 2.18 bits per heavy atom. The van der Waals surface area contributed by atoms with Gasteiger partial charge in [-0.15, -0.1) is 0 Å². The van der Waals surface area contributed by atoms with Gasteiger partial charge in [0.15, 0.2) is 0 Å². The summed E-state index contributed by atoms with van der Waals surface area (Å²) in [4.78, 5) is 0. The molecule has 1 saturated heterocycles. The van der Waals surface area contributed by atoms with Gasteiger partial charge in [-0.25, -0.2) is 0 Å². The Morgan fingerprint density at radius 1 is 1.36 bits per heavy atom. The Hall–Kier alpha value is -0.0800. The molecular weight excluding hydrogens is 136 g/mol. The van der Waals surface area contributed by atoms with E-state index >= 15 is 0 Å². The van der Waals surface area contributed by atoms with Crippen LogP contribution >= 0.6 is 0 Å². The summed E-state index contributed by atoms with van der Waals surface area (Å²) in [5, 5.41) is 6.85. The third kappa shape index (κ3) is 1.74. The summed E-state index contributed by atoms with van der Waals surface area (Å²) >= 11 is 0. The van der Waals surface area contributed by atoms with Crippen molar-refractivity contribution < 1.29 is 0 Å². The zero-order valence-corrected chi connectivity index (χ0v) is 7.27. The van der Waals surface area contributed by atoms with E-state index in [1.807, 2.05) is 0 Å². The molecule has 2 unspecified atom stereocenters. The van der Waals surface area contributed by atoms with Crippen LogP contribution in [0.2, 0.25) is 0 Å². The first-order valence-corrected chi connectivity index (χ1v) is 4.84. The predicted octanol–water partition coefficient (Wildman–Crippen LogP) is 0.594. The zero-order chi connectivity index (χ0) is 7.68. The molecule has 2 nitrogen and oxygen atoms in total. The van der Waals surface area contributed by atoms with Crippen LogP contribution in [0.25, 0.3) is 0 Å². The first kappa shape index (κ1) is 7.56. The van der Waals surface area contributed by atoms with Crippen molar-refractivity contribution in [2.75, 3.05) is 19.6 Å². The predicted molar refractivity (Wildman–Crippen MR) is 46.5 cm³/mol. The van der Waals surface area contributed by atoms with E-state index in [1.54, 1.807) is 0 Å². The first-order chi connectivity index (χ1) is 5.40. The van der Waals surface area contributed by atoms with E-state index in [-0.39, 0.29) is 0 Å². The van der Waals surface area contributed by atoms with Gasteiger partial charge in [-0.05, 0) is 24.8 Å². The number of nitrogens with one attached hydrogen (secondary N) is 2. The minimum Gasteiger partial charge on any atom is -0.314 e. The second-order valence-corrected chi connectivity index (χ2v) is 3.93. The van der Waals surface area contributed by atoms with Crippen LogP contribution in [0.1, 0.15) is 19.8 Å². The van der Waals surface area contributed by atoms with Crippen LogP contribution in [0.5, 0.6) is 0 Å². The lowest BCUT2D eigenvalue weighted by Crippen LogP contribution is -2.55. The van der Waals surface area contributed by atoms with E-state index in [9.17, 15) is 0 Å². The highest BCUT2D eigenvalue weighted by atomic mass is 15.1. The van der Waals surface area contributed by atoms with E-state index in [1.165, 1.54) is 32.5 Å². The molecule has 2 aliphatic rings. The molecule has 0 radical (unpaired) electrons. The fraction of sp³-hybridized carbons (Fsp3) is 1.00. The lowest BCUT2D eigenvalue weighted by Gasteiger charge is -2.28. The SMILES string of the molecule is CCC1CC1CNC1CNC1. The molecule has 1 aliphatic heterocycles. The summed E-state index contributed by atoms with van der Waals surface area (Å²) in [6, 6.07) is 0.785. The lowest BCUT2D eigenvalue weighted by atomic mass is 10.1. The molecule has 0 aromatic heterocycles. The molecule has 2 rings (SSSR count). The molecule has 1 saturated carbocycles. The highest BCUT2D eigenvalue weighted by Crippen LogP contribution is 2.40. The van der Waals surface area contributed by atoms with Crippen LogP contribution in [-0.4, -0.2) is 25.7 Å². The van der Waals surface area contributed by atoms with Gasteiger partial charge in [0.25, 0.3) is 0 Å². The summed E-state index contributed by atoms with van der Waals surface area (Å²) in [5.74, 6) is 2.07. The van der Waals surface area contributed by atoms with Crippen molar-refractivity contribution in [2.45, 2.75) is 25.8 Å². The van der Waals surface area contributed by atoms with Crippen molar-refractivity contribution in [3.63, 3.8) is 0 Å². The molecule has 0 amide bonds. The minimum atomic E-state index is 0.785. The Morgan fingerprint density at radius 3 is 2.64 bits per heavy atom. The maximum Gasteiger partial charge on any atom is 0.0317 e. The maximum absolute atomic E-state index is 3.58. The monoisotopic (exact) mass is 154 g/mol. The number of rotatable bonds is 4. The lowest BCUT2D eigenvalue weighted by molar-refractivity contribution is 0.358. The normalized spacial score (nSPS) is 36.8. The molecular formula is C9H18N2. The quantitative estimate of drug-likeness (QED) is 0.619. The molecule has 0 bridgehead atoms. The van der Waals surface area contributed by atoms with Crippen LogP contribution in [0, 0.1) is 11.8 Å². The molecule has 0 aromatic carbocycles. The molecule has 0 aromatic rings.